The van der Waals surface area contributed by atoms with Gasteiger partial charge in [0.2, 0.25) is 0 Å². The number of benzene rings is 2. The summed E-state index contributed by atoms with van der Waals surface area (Å²) in [5, 5.41) is 2.30. The second-order valence-corrected chi connectivity index (χ2v) is 3.42. The Hall–Kier alpha value is -2.03. The molecule has 0 aromatic heterocycles. The summed E-state index contributed by atoms with van der Waals surface area (Å²) in [6, 6.07) is 14.0. The summed E-state index contributed by atoms with van der Waals surface area (Å²) in [6.45, 7) is 0.234. The Bertz CT molecular complexity index is 505. The maximum atomic E-state index is 10.8. The van der Waals surface area contributed by atoms with Gasteiger partial charge in [-0.15, -0.1) is 0 Å². The van der Waals surface area contributed by atoms with E-state index in [1.165, 1.54) is 12.5 Å². The van der Waals surface area contributed by atoms with Crippen molar-refractivity contribution in [3.8, 4) is 0 Å². The van der Waals surface area contributed by atoms with Crippen LogP contribution in [0.3, 0.4) is 0 Å². The van der Waals surface area contributed by atoms with Gasteiger partial charge >= 0.3 is 6.16 Å². The van der Waals surface area contributed by atoms with Gasteiger partial charge in [-0.25, -0.2) is 4.79 Å². The van der Waals surface area contributed by atoms with Crippen molar-refractivity contribution in [3.63, 3.8) is 0 Å². The molecule has 3 nitrogen and oxygen atoms in total. The Morgan fingerprint density at radius 3 is 2.62 bits per heavy atom. The first-order valence-corrected chi connectivity index (χ1v) is 4.98. The fraction of sp³-hybridized carbons (Fsp3) is 0.154. The molecule has 0 fully saturated rings. The molecule has 0 heterocycles. The van der Waals surface area contributed by atoms with E-state index in [1.54, 1.807) is 0 Å². The van der Waals surface area contributed by atoms with Gasteiger partial charge in [0.05, 0.1) is 7.11 Å². The first-order chi connectivity index (χ1) is 7.79. The van der Waals surface area contributed by atoms with Crippen LogP contribution in [0.1, 0.15) is 5.56 Å². The number of hydrogen-bond donors (Lipinski definition) is 0. The quantitative estimate of drug-likeness (QED) is 0.723. The highest BCUT2D eigenvalue weighted by molar-refractivity contribution is 5.82. The molecule has 0 saturated heterocycles. The van der Waals surface area contributed by atoms with E-state index in [0.717, 1.165) is 10.9 Å². The molecule has 0 spiro atoms. The van der Waals surface area contributed by atoms with Crippen LogP contribution < -0.4 is 0 Å². The molecule has 82 valence electrons. The zero-order valence-corrected chi connectivity index (χ0v) is 8.97. The monoisotopic (exact) mass is 216 g/mol. The van der Waals surface area contributed by atoms with E-state index in [1.807, 2.05) is 42.5 Å². The predicted octanol–water partition coefficient (Wildman–Crippen LogP) is 3.12. The molecule has 0 radical (unpaired) electrons. The van der Waals surface area contributed by atoms with Crippen LogP contribution in [0.4, 0.5) is 4.79 Å². The highest BCUT2D eigenvalue weighted by atomic mass is 16.7. The summed E-state index contributed by atoms with van der Waals surface area (Å²) in [7, 11) is 1.29. The summed E-state index contributed by atoms with van der Waals surface area (Å²) < 4.78 is 9.26. The third kappa shape index (κ3) is 2.31. The van der Waals surface area contributed by atoms with Gasteiger partial charge in [0.15, 0.2) is 0 Å². The summed E-state index contributed by atoms with van der Waals surface area (Å²) >= 11 is 0. The van der Waals surface area contributed by atoms with Gasteiger partial charge in [-0.3, -0.25) is 0 Å². The second-order valence-electron chi connectivity index (χ2n) is 3.42. The highest BCUT2D eigenvalue weighted by Gasteiger charge is 2.01. The van der Waals surface area contributed by atoms with Crippen molar-refractivity contribution in [2.45, 2.75) is 6.61 Å². The molecule has 2 aromatic rings. The van der Waals surface area contributed by atoms with Crippen molar-refractivity contribution in [1.82, 2.24) is 0 Å². The molecule has 0 aliphatic rings. The molecule has 0 amide bonds. The third-order valence-corrected chi connectivity index (χ3v) is 2.34. The van der Waals surface area contributed by atoms with Gasteiger partial charge in [-0.1, -0.05) is 36.4 Å². The molecular formula is C13H12O3. The maximum absolute atomic E-state index is 10.8. The lowest BCUT2D eigenvalue weighted by molar-refractivity contribution is 0.0669. The van der Waals surface area contributed by atoms with Crippen LogP contribution in [0.15, 0.2) is 42.5 Å². The van der Waals surface area contributed by atoms with Crippen molar-refractivity contribution in [1.29, 1.82) is 0 Å². The normalized spacial score (nSPS) is 10.1. The minimum atomic E-state index is -0.659. The maximum Gasteiger partial charge on any atom is 0.508 e. The molecule has 2 rings (SSSR count). The fourth-order valence-electron chi connectivity index (χ4n) is 1.53. The SMILES string of the molecule is COC(=O)OCc1ccc2ccccc2c1. The number of carbonyl (C=O) groups excluding carboxylic acids is 1. The lowest BCUT2D eigenvalue weighted by atomic mass is 10.1. The highest BCUT2D eigenvalue weighted by Crippen LogP contribution is 2.16. The molecular weight excluding hydrogens is 204 g/mol. The number of rotatable bonds is 2. The summed E-state index contributed by atoms with van der Waals surface area (Å²) in [5.41, 5.74) is 0.948. The average molecular weight is 216 g/mol. The van der Waals surface area contributed by atoms with Crippen molar-refractivity contribution >= 4 is 16.9 Å². The minimum absolute atomic E-state index is 0.234. The van der Waals surface area contributed by atoms with Crippen molar-refractivity contribution < 1.29 is 14.3 Å². The van der Waals surface area contributed by atoms with Crippen LogP contribution in [0, 0.1) is 0 Å². The predicted molar refractivity (Wildman–Crippen MR) is 61.1 cm³/mol. The van der Waals surface area contributed by atoms with Gasteiger partial charge in [0, 0.05) is 0 Å². The van der Waals surface area contributed by atoms with E-state index in [0.29, 0.717) is 0 Å². The van der Waals surface area contributed by atoms with E-state index < -0.39 is 6.16 Å². The molecule has 16 heavy (non-hydrogen) atoms. The molecule has 2 aromatic carbocycles. The van der Waals surface area contributed by atoms with Gasteiger partial charge in [-0.2, -0.15) is 0 Å². The molecule has 0 unspecified atom stereocenters. The third-order valence-electron chi connectivity index (χ3n) is 2.34. The Balaban J connectivity index is 2.16. The molecule has 0 aliphatic carbocycles. The van der Waals surface area contributed by atoms with Crippen LogP contribution in [0.2, 0.25) is 0 Å². The summed E-state index contributed by atoms with van der Waals surface area (Å²) in [5.74, 6) is 0. The van der Waals surface area contributed by atoms with Crippen molar-refractivity contribution in [3.05, 3.63) is 48.0 Å². The number of ether oxygens (including phenoxy) is 2. The second kappa shape index (κ2) is 4.66. The van der Waals surface area contributed by atoms with Crippen molar-refractivity contribution in [2.24, 2.45) is 0 Å². The van der Waals surface area contributed by atoms with Gasteiger partial charge in [0.25, 0.3) is 0 Å². The Labute approximate surface area is 93.6 Å². The smallest absolute Gasteiger partial charge is 0.438 e. The molecule has 0 saturated carbocycles. The van der Waals surface area contributed by atoms with E-state index in [-0.39, 0.29) is 6.61 Å². The van der Waals surface area contributed by atoms with Crippen LogP contribution in [0.5, 0.6) is 0 Å². The van der Waals surface area contributed by atoms with Crippen LogP contribution in [0.25, 0.3) is 10.8 Å². The zero-order valence-electron chi connectivity index (χ0n) is 8.97. The summed E-state index contributed by atoms with van der Waals surface area (Å²) in [6.07, 6.45) is -0.659. The topological polar surface area (TPSA) is 35.5 Å². The number of fused-ring (bicyclic) bond motifs is 1. The van der Waals surface area contributed by atoms with Gasteiger partial charge in [-0.05, 0) is 22.4 Å². The largest absolute Gasteiger partial charge is 0.508 e. The lowest BCUT2D eigenvalue weighted by Crippen LogP contribution is -2.03. The van der Waals surface area contributed by atoms with Crippen LogP contribution >= 0.6 is 0 Å². The van der Waals surface area contributed by atoms with Gasteiger partial charge in [0.1, 0.15) is 6.61 Å². The Morgan fingerprint density at radius 1 is 1.12 bits per heavy atom. The van der Waals surface area contributed by atoms with E-state index in [9.17, 15) is 4.79 Å². The first-order valence-electron chi connectivity index (χ1n) is 4.98. The number of carbonyl (C=O) groups is 1. The van der Waals surface area contributed by atoms with Crippen molar-refractivity contribution in [2.75, 3.05) is 7.11 Å². The number of methoxy groups -OCH3 is 1. The van der Waals surface area contributed by atoms with E-state index in [2.05, 4.69) is 4.74 Å². The number of hydrogen-bond acceptors (Lipinski definition) is 3. The zero-order chi connectivity index (χ0) is 11.4. The van der Waals surface area contributed by atoms with Gasteiger partial charge < -0.3 is 9.47 Å². The fourth-order valence-corrected chi connectivity index (χ4v) is 1.53. The van der Waals surface area contributed by atoms with Crippen LogP contribution in [-0.4, -0.2) is 13.3 Å². The molecule has 0 atom stereocenters. The minimum Gasteiger partial charge on any atom is -0.438 e. The summed E-state index contributed by atoms with van der Waals surface area (Å²) in [4.78, 5) is 10.8. The average Bonchev–Trinajstić information content (AvgIpc) is 2.35. The lowest BCUT2D eigenvalue weighted by Gasteiger charge is -2.04. The molecule has 0 N–H and O–H groups in total. The molecule has 3 heteroatoms. The van der Waals surface area contributed by atoms with E-state index in [4.69, 9.17) is 4.74 Å². The first kappa shape index (κ1) is 10.5. The Kier molecular flexibility index (Phi) is 3.05. The standard InChI is InChI=1S/C13H12O3/c1-15-13(14)16-9-10-6-7-11-4-2-3-5-12(11)8-10/h2-8H,9H2,1H3. The molecule has 0 bridgehead atoms. The van der Waals surface area contributed by atoms with E-state index >= 15 is 0 Å². The Morgan fingerprint density at radius 2 is 1.88 bits per heavy atom. The van der Waals surface area contributed by atoms with Crippen LogP contribution in [-0.2, 0) is 16.1 Å². The molecule has 0 aliphatic heterocycles.